The van der Waals surface area contributed by atoms with Gasteiger partial charge in [0.05, 0.1) is 0 Å². The van der Waals surface area contributed by atoms with Gasteiger partial charge in [-0.25, -0.2) is 9.97 Å². The number of aromatic nitrogens is 7. The highest BCUT2D eigenvalue weighted by molar-refractivity contribution is 6.28. The second-order valence-corrected chi connectivity index (χ2v) is 3.90. The molecule has 0 fully saturated rings. The Kier molecular flexibility index (Phi) is 2.52. The van der Waals surface area contributed by atoms with Crippen LogP contribution < -0.4 is 0 Å². The lowest BCUT2D eigenvalue weighted by Gasteiger charge is -2.04. The number of hydrogen-bond donors (Lipinski definition) is 0. The number of nitrogens with zero attached hydrogens (tertiary/aromatic N) is 7. The van der Waals surface area contributed by atoms with Gasteiger partial charge in [-0.15, -0.1) is 0 Å². The van der Waals surface area contributed by atoms with Gasteiger partial charge in [-0.05, 0) is 11.6 Å². The highest BCUT2D eigenvalue weighted by atomic mass is 35.5. The van der Waals surface area contributed by atoms with Gasteiger partial charge in [0, 0.05) is 31.8 Å². The van der Waals surface area contributed by atoms with Crippen molar-refractivity contribution in [2.45, 2.75) is 0 Å². The molecule has 18 heavy (non-hydrogen) atoms. The Morgan fingerprint density at radius 1 is 1.11 bits per heavy atom. The summed E-state index contributed by atoms with van der Waals surface area (Å²) in [4.78, 5) is 20.5. The molecule has 0 atom stereocenters. The van der Waals surface area contributed by atoms with Crippen LogP contribution in [0.15, 0.2) is 31.1 Å². The second-order valence-electron chi connectivity index (χ2n) is 3.56. The predicted molar refractivity (Wildman–Crippen MR) is 64.2 cm³/mol. The molecule has 8 heteroatoms. The van der Waals surface area contributed by atoms with Crippen LogP contribution in [0.2, 0.25) is 5.28 Å². The molecule has 0 N–H and O–H groups in total. The molecule has 3 aromatic heterocycles. The van der Waals surface area contributed by atoms with Crippen molar-refractivity contribution in [2.24, 2.45) is 7.05 Å². The summed E-state index contributed by atoms with van der Waals surface area (Å²) in [5.41, 5.74) is 0. The zero-order valence-electron chi connectivity index (χ0n) is 9.40. The number of imidazole rings is 2. The summed E-state index contributed by atoms with van der Waals surface area (Å²) in [5, 5.41) is 0.117. The average molecular weight is 262 g/mol. The molecule has 3 rings (SSSR count). The molecule has 0 aromatic carbocycles. The molecular formula is C10H8ClN7. The van der Waals surface area contributed by atoms with E-state index < -0.39 is 0 Å². The Morgan fingerprint density at radius 2 is 2.00 bits per heavy atom. The topological polar surface area (TPSA) is 74.3 Å². The molecular weight excluding hydrogens is 254 g/mol. The Hall–Kier alpha value is -2.28. The van der Waals surface area contributed by atoms with Crippen molar-refractivity contribution in [1.29, 1.82) is 0 Å². The molecule has 0 saturated carbocycles. The number of hydrogen-bond acceptors (Lipinski definition) is 5. The Morgan fingerprint density at radius 3 is 2.67 bits per heavy atom. The molecule has 3 aromatic rings. The molecule has 90 valence electrons. The van der Waals surface area contributed by atoms with E-state index in [2.05, 4.69) is 24.9 Å². The molecule has 7 nitrogen and oxygen atoms in total. The molecule has 0 saturated heterocycles. The van der Waals surface area contributed by atoms with E-state index in [1.807, 2.05) is 17.8 Å². The molecule has 0 bridgehead atoms. The lowest BCUT2D eigenvalue weighted by atomic mass is 10.5. The monoisotopic (exact) mass is 261 g/mol. The maximum absolute atomic E-state index is 5.90. The van der Waals surface area contributed by atoms with Crippen LogP contribution in [-0.4, -0.2) is 34.1 Å². The van der Waals surface area contributed by atoms with E-state index in [0.29, 0.717) is 17.6 Å². The zero-order valence-corrected chi connectivity index (χ0v) is 10.2. The third-order valence-electron chi connectivity index (χ3n) is 2.35. The molecule has 0 amide bonds. The van der Waals surface area contributed by atoms with Gasteiger partial charge in [-0.2, -0.15) is 15.0 Å². The van der Waals surface area contributed by atoms with Crippen LogP contribution in [0.4, 0.5) is 0 Å². The largest absolute Gasteiger partial charge is 0.331 e. The smallest absolute Gasteiger partial charge is 0.239 e. The average Bonchev–Trinajstić information content (AvgIpc) is 2.98. The molecule has 0 aliphatic heterocycles. The first-order valence-corrected chi connectivity index (χ1v) is 5.49. The lowest BCUT2D eigenvalue weighted by Crippen LogP contribution is -2.05. The van der Waals surface area contributed by atoms with E-state index in [1.165, 1.54) is 0 Å². The summed E-state index contributed by atoms with van der Waals surface area (Å²) < 4.78 is 3.46. The first-order valence-electron chi connectivity index (χ1n) is 5.11. The quantitative estimate of drug-likeness (QED) is 0.691. The van der Waals surface area contributed by atoms with Gasteiger partial charge in [-0.1, -0.05) is 0 Å². The van der Waals surface area contributed by atoms with Crippen LogP contribution in [0.3, 0.4) is 0 Å². The third-order valence-corrected chi connectivity index (χ3v) is 2.52. The van der Waals surface area contributed by atoms with E-state index in [9.17, 15) is 0 Å². The number of rotatable bonds is 2. The number of halogens is 1. The van der Waals surface area contributed by atoms with E-state index in [1.54, 1.807) is 29.5 Å². The van der Waals surface area contributed by atoms with Gasteiger partial charge in [0.1, 0.15) is 6.33 Å². The summed E-state index contributed by atoms with van der Waals surface area (Å²) in [6.07, 6.45) is 8.44. The Bertz CT molecular complexity index is 673. The van der Waals surface area contributed by atoms with Crippen LogP contribution in [0.5, 0.6) is 0 Å². The predicted octanol–water partition coefficient (Wildman–Crippen LogP) is 1.11. The highest BCUT2D eigenvalue weighted by Crippen LogP contribution is 2.15. The van der Waals surface area contributed by atoms with Crippen molar-refractivity contribution in [1.82, 2.24) is 34.1 Å². The fraction of sp³-hybridized carbons (Fsp3) is 0.100. The highest BCUT2D eigenvalue weighted by Gasteiger charge is 2.11. The van der Waals surface area contributed by atoms with E-state index in [-0.39, 0.29) is 5.28 Å². The van der Waals surface area contributed by atoms with Gasteiger partial charge in [0.25, 0.3) is 0 Å². The van der Waals surface area contributed by atoms with Crippen molar-refractivity contribution in [2.75, 3.05) is 0 Å². The van der Waals surface area contributed by atoms with Crippen molar-refractivity contribution >= 4 is 11.6 Å². The summed E-state index contributed by atoms with van der Waals surface area (Å²) >= 11 is 5.90. The van der Waals surface area contributed by atoms with Crippen LogP contribution in [0.1, 0.15) is 0 Å². The summed E-state index contributed by atoms with van der Waals surface area (Å²) in [7, 11) is 1.86. The van der Waals surface area contributed by atoms with Gasteiger partial charge in [-0.3, -0.25) is 4.57 Å². The fourth-order valence-electron chi connectivity index (χ4n) is 1.51. The van der Waals surface area contributed by atoms with Crippen molar-refractivity contribution in [3.05, 3.63) is 36.4 Å². The molecule has 0 radical (unpaired) electrons. The van der Waals surface area contributed by atoms with E-state index in [4.69, 9.17) is 11.6 Å². The van der Waals surface area contributed by atoms with Crippen LogP contribution in [0.25, 0.3) is 17.6 Å². The maximum Gasteiger partial charge on any atom is 0.239 e. The second kappa shape index (κ2) is 4.19. The standard InChI is InChI=1S/C10H8ClN7/c1-17-4-3-13-8(17)7-14-9(11)16-10(15-7)18-5-2-12-6-18/h2-6H,1H3. The number of aryl methyl sites for hydroxylation is 1. The van der Waals surface area contributed by atoms with E-state index >= 15 is 0 Å². The first kappa shape index (κ1) is 10.8. The van der Waals surface area contributed by atoms with Crippen LogP contribution >= 0.6 is 11.6 Å². The zero-order chi connectivity index (χ0) is 12.5. The molecule has 0 unspecified atom stereocenters. The fourth-order valence-corrected chi connectivity index (χ4v) is 1.67. The lowest BCUT2D eigenvalue weighted by molar-refractivity contribution is 0.865. The van der Waals surface area contributed by atoms with Crippen molar-refractivity contribution < 1.29 is 0 Å². The molecule has 3 heterocycles. The van der Waals surface area contributed by atoms with Crippen molar-refractivity contribution in [3.63, 3.8) is 0 Å². The first-order chi connectivity index (χ1) is 8.74. The SMILES string of the molecule is Cn1ccnc1-c1nc(Cl)nc(-n2ccnc2)n1. The Labute approximate surface area is 107 Å². The minimum atomic E-state index is 0.117. The normalized spacial score (nSPS) is 10.8. The Balaban J connectivity index is 2.15. The van der Waals surface area contributed by atoms with Gasteiger partial charge in [0.2, 0.25) is 17.1 Å². The third kappa shape index (κ3) is 1.84. The van der Waals surface area contributed by atoms with Gasteiger partial charge in [0.15, 0.2) is 5.82 Å². The summed E-state index contributed by atoms with van der Waals surface area (Å²) in [6.45, 7) is 0. The van der Waals surface area contributed by atoms with Crippen LogP contribution in [0, 0.1) is 0 Å². The van der Waals surface area contributed by atoms with Gasteiger partial charge >= 0.3 is 0 Å². The van der Waals surface area contributed by atoms with Crippen LogP contribution in [-0.2, 0) is 7.05 Å². The maximum atomic E-state index is 5.90. The minimum Gasteiger partial charge on any atom is -0.331 e. The van der Waals surface area contributed by atoms with E-state index in [0.717, 1.165) is 0 Å². The van der Waals surface area contributed by atoms with Gasteiger partial charge < -0.3 is 4.57 Å². The summed E-state index contributed by atoms with van der Waals surface area (Å²) in [6, 6.07) is 0. The summed E-state index contributed by atoms with van der Waals surface area (Å²) in [5.74, 6) is 1.46. The molecule has 0 aliphatic carbocycles. The van der Waals surface area contributed by atoms with Crippen molar-refractivity contribution in [3.8, 4) is 17.6 Å². The molecule has 0 aliphatic rings. The minimum absolute atomic E-state index is 0.117. The molecule has 0 spiro atoms.